The third-order valence-corrected chi connectivity index (χ3v) is 3.79. The van der Waals surface area contributed by atoms with Gasteiger partial charge in [0.15, 0.2) is 11.9 Å². The zero-order valence-electron chi connectivity index (χ0n) is 14.7. The fourth-order valence-corrected chi connectivity index (χ4v) is 2.50. The first-order valence-corrected chi connectivity index (χ1v) is 8.07. The molecule has 6 nitrogen and oxygen atoms in total. The van der Waals surface area contributed by atoms with Gasteiger partial charge in [0.1, 0.15) is 13.3 Å². The lowest BCUT2D eigenvalue weighted by atomic mass is 10.2. The minimum absolute atomic E-state index is 0. The van der Waals surface area contributed by atoms with Gasteiger partial charge >= 0.3 is 6.03 Å². The third-order valence-electron chi connectivity index (χ3n) is 3.79. The molecule has 0 saturated heterocycles. The van der Waals surface area contributed by atoms with Crippen molar-refractivity contribution >= 4 is 23.6 Å². The summed E-state index contributed by atoms with van der Waals surface area (Å²) in [7, 11) is 1.78. The summed E-state index contributed by atoms with van der Waals surface area (Å²) in [5.41, 5.74) is 4.44. The van der Waals surface area contributed by atoms with E-state index < -0.39 is 6.03 Å². The number of halogens is 1. The highest BCUT2D eigenvalue weighted by atomic mass is 35.5. The number of carbonyl (C=O) groups excluding carboxylic acids is 1. The number of aromatic hydroxyl groups is 1. The molecule has 7 heteroatoms. The molecule has 138 valence electrons. The summed E-state index contributed by atoms with van der Waals surface area (Å²) >= 11 is 0. The molecule has 0 bridgehead atoms. The van der Waals surface area contributed by atoms with Crippen LogP contribution in [0.4, 0.5) is 16.2 Å². The molecule has 0 unspecified atom stereocenters. The van der Waals surface area contributed by atoms with Crippen LogP contribution in [0.3, 0.4) is 0 Å². The van der Waals surface area contributed by atoms with E-state index in [4.69, 9.17) is 0 Å². The van der Waals surface area contributed by atoms with Gasteiger partial charge in [0.05, 0.1) is 11.4 Å². The Labute approximate surface area is 163 Å². The van der Waals surface area contributed by atoms with Crippen LogP contribution in [0.25, 0.3) is 0 Å². The molecule has 0 atom stereocenters. The second-order valence-corrected chi connectivity index (χ2v) is 5.57. The SMILES string of the molecule is C[n+]1cccc(O)c1/C=N/NC(=O)N(c1ccccc1)c1ccccc1.[Cl-]. The first kappa shape index (κ1) is 19.9. The van der Waals surface area contributed by atoms with E-state index in [-0.39, 0.29) is 18.2 Å². The molecular weight excluding hydrogens is 364 g/mol. The maximum atomic E-state index is 12.7. The molecule has 0 aliphatic rings. The van der Waals surface area contributed by atoms with E-state index >= 15 is 0 Å². The molecule has 3 aromatic rings. The number of aromatic nitrogens is 1. The number of hydrogen-bond donors (Lipinski definition) is 2. The Hall–Kier alpha value is -3.38. The first-order chi connectivity index (χ1) is 12.7. The van der Waals surface area contributed by atoms with Gasteiger partial charge in [0, 0.05) is 6.07 Å². The number of carbonyl (C=O) groups is 1. The van der Waals surface area contributed by atoms with Gasteiger partial charge in [-0.25, -0.2) is 10.2 Å². The number of aryl methyl sites for hydroxylation is 1. The fraction of sp³-hybridized carbons (Fsp3) is 0.0500. The molecule has 27 heavy (non-hydrogen) atoms. The highest BCUT2D eigenvalue weighted by Crippen LogP contribution is 2.24. The molecule has 0 radical (unpaired) electrons. The number of rotatable bonds is 4. The maximum absolute atomic E-state index is 12.7. The number of hydrogen-bond acceptors (Lipinski definition) is 3. The van der Waals surface area contributed by atoms with Gasteiger partial charge in [-0.2, -0.15) is 9.67 Å². The number of para-hydroxylation sites is 2. The van der Waals surface area contributed by atoms with Crippen LogP contribution < -0.4 is 27.3 Å². The average Bonchev–Trinajstić information content (AvgIpc) is 2.66. The summed E-state index contributed by atoms with van der Waals surface area (Å²) in [6, 6.07) is 21.5. The number of anilines is 2. The number of nitrogens with zero attached hydrogens (tertiary/aromatic N) is 3. The predicted molar refractivity (Wildman–Crippen MR) is 100 cm³/mol. The zero-order chi connectivity index (χ0) is 18.4. The van der Waals surface area contributed by atoms with Crippen LogP contribution in [0, 0.1) is 0 Å². The van der Waals surface area contributed by atoms with Crippen molar-refractivity contribution in [2.45, 2.75) is 0 Å². The largest absolute Gasteiger partial charge is 1.00 e. The van der Waals surface area contributed by atoms with E-state index in [1.54, 1.807) is 29.9 Å². The maximum Gasteiger partial charge on any atom is 0.346 e. The minimum Gasteiger partial charge on any atom is -1.00 e. The van der Waals surface area contributed by atoms with Crippen LogP contribution in [0.1, 0.15) is 5.69 Å². The Morgan fingerprint density at radius 2 is 1.56 bits per heavy atom. The first-order valence-electron chi connectivity index (χ1n) is 8.07. The third kappa shape index (κ3) is 4.83. The number of nitrogens with one attached hydrogen (secondary N) is 1. The molecular formula is C20H19ClN4O2. The lowest BCUT2D eigenvalue weighted by molar-refractivity contribution is -0.672. The van der Waals surface area contributed by atoms with E-state index in [2.05, 4.69) is 10.5 Å². The van der Waals surface area contributed by atoms with E-state index in [1.165, 1.54) is 11.1 Å². The lowest BCUT2D eigenvalue weighted by Crippen LogP contribution is -3.00. The number of pyridine rings is 1. The van der Waals surface area contributed by atoms with Crippen molar-refractivity contribution in [1.82, 2.24) is 5.43 Å². The van der Waals surface area contributed by atoms with Crippen molar-refractivity contribution < 1.29 is 26.9 Å². The summed E-state index contributed by atoms with van der Waals surface area (Å²) in [5.74, 6) is 0.0796. The van der Waals surface area contributed by atoms with Gasteiger partial charge < -0.3 is 17.5 Å². The number of urea groups is 1. The summed E-state index contributed by atoms with van der Waals surface area (Å²) in [6.45, 7) is 0. The van der Waals surface area contributed by atoms with Crippen LogP contribution in [-0.2, 0) is 7.05 Å². The number of benzene rings is 2. The van der Waals surface area contributed by atoms with Gasteiger partial charge in [-0.1, -0.05) is 36.4 Å². The topological polar surface area (TPSA) is 68.8 Å². The van der Waals surface area contributed by atoms with Crippen molar-refractivity contribution in [3.63, 3.8) is 0 Å². The van der Waals surface area contributed by atoms with Crippen LogP contribution in [0.5, 0.6) is 5.75 Å². The second-order valence-electron chi connectivity index (χ2n) is 5.57. The van der Waals surface area contributed by atoms with E-state index in [1.807, 2.05) is 60.7 Å². The van der Waals surface area contributed by atoms with Gasteiger partial charge in [-0.3, -0.25) is 4.90 Å². The van der Waals surface area contributed by atoms with E-state index in [0.717, 1.165) is 11.4 Å². The summed E-state index contributed by atoms with van der Waals surface area (Å²) in [6.07, 6.45) is 3.19. The van der Waals surface area contributed by atoms with E-state index in [9.17, 15) is 9.90 Å². The normalized spacial score (nSPS) is 10.3. The van der Waals surface area contributed by atoms with Crippen LogP contribution in [0.15, 0.2) is 84.1 Å². The molecule has 2 amide bonds. The predicted octanol–water partition coefficient (Wildman–Crippen LogP) is 0.102. The Morgan fingerprint density at radius 3 is 2.07 bits per heavy atom. The highest BCUT2D eigenvalue weighted by Gasteiger charge is 2.17. The highest BCUT2D eigenvalue weighted by molar-refractivity contribution is 5.99. The van der Waals surface area contributed by atoms with Crippen LogP contribution >= 0.6 is 0 Å². The Morgan fingerprint density at radius 1 is 1.00 bits per heavy atom. The molecule has 0 spiro atoms. The van der Waals surface area contributed by atoms with Gasteiger partial charge in [-0.15, -0.1) is 0 Å². The standard InChI is InChI=1S/C20H18N4O2.ClH/c1-23-14-8-13-19(25)18(23)15-21-22-20(26)24(16-9-4-2-5-10-16)17-11-6-3-7-12-17;/h2-15,25H,1H3;1H. The Balaban J connectivity index is 0.00000261. The second kappa shape index (κ2) is 9.35. The van der Waals surface area contributed by atoms with Gasteiger partial charge in [-0.05, 0) is 30.3 Å². The smallest absolute Gasteiger partial charge is 0.346 e. The van der Waals surface area contributed by atoms with Gasteiger partial charge in [0.25, 0.3) is 5.69 Å². The summed E-state index contributed by atoms with van der Waals surface area (Å²) < 4.78 is 1.71. The molecule has 1 heterocycles. The Bertz CT molecular complexity index is 858. The summed E-state index contributed by atoms with van der Waals surface area (Å²) in [5, 5.41) is 13.9. The molecule has 2 aromatic carbocycles. The molecule has 1 aromatic heterocycles. The minimum atomic E-state index is -0.406. The van der Waals surface area contributed by atoms with E-state index in [0.29, 0.717) is 5.69 Å². The van der Waals surface area contributed by atoms with Crippen molar-refractivity contribution in [1.29, 1.82) is 0 Å². The molecule has 0 saturated carbocycles. The van der Waals surface area contributed by atoms with Crippen LogP contribution in [0.2, 0.25) is 0 Å². The summed E-state index contributed by atoms with van der Waals surface area (Å²) in [4.78, 5) is 14.3. The average molecular weight is 383 g/mol. The fourth-order valence-electron chi connectivity index (χ4n) is 2.50. The molecule has 0 aliphatic carbocycles. The van der Waals surface area contributed by atoms with Crippen LogP contribution in [-0.4, -0.2) is 17.4 Å². The monoisotopic (exact) mass is 382 g/mol. The number of amides is 2. The zero-order valence-corrected chi connectivity index (χ0v) is 15.4. The molecule has 2 N–H and O–H groups in total. The Kier molecular flexibility index (Phi) is 6.91. The van der Waals surface area contributed by atoms with Crippen molar-refractivity contribution in [2.24, 2.45) is 12.1 Å². The quantitative estimate of drug-likeness (QED) is 0.382. The lowest BCUT2D eigenvalue weighted by Gasteiger charge is -2.22. The van der Waals surface area contributed by atoms with Gasteiger partial charge in [0.2, 0.25) is 0 Å². The number of hydrazone groups is 1. The molecule has 0 fully saturated rings. The van der Waals surface area contributed by atoms with Crippen molar-refractivity contribution in [3.8, 4) is 5.75 Å². The molecule has 3 rings (SSSR count). The van der Waals surface area contributed by atoms with Crippen molar-refractivity contribution in [2.75, 3.05) is 4.90 Å². The molecule has 0 aliphatic heterocycles. The van der Waals surface area contributed by atoms with Crippen molar-refractivity contribution in [3.05, 3.63) is 84.7 Å².